The third-order valence-electron chi connectivity index (χ3n) is 4.43. The van der Waals surface area contributed by atoms with Gasteiger partial charge in [0, 0.05) is 23.0 Å². The number of nitrogens with zero attached hydrogens (tertiary/aromatic N) is 2. The Labute approximate surface area is 193 Å². The summed E-state index contributed by atoms with van der Waals surface area (Å²) in [5, 5.41) is 13.0. The maximum atomic E-state index is 12.9. The second-order valence-corrected chi connectivity index (χ2v) is 7.29. The topological polar surface area (TPSA) is 110 Å². The van der Waals surface area contributed by atoms with Crippen molar-refractivity contribution >= 4 is 23.5 Å². The van der Waals surface area contributed by atoms with Crippen LogP contribution in [0.4, 0.5) is 14.7 Å². The highest BCUT2D eigenvalue weighted by molar-refractivity contribution is 6.30. The molecule has 3 rings (SSSR count). The number of aromatic nitrogens is 2. The predicted molar refractivity (Wildman–Crippen MR) is 119 cm³/mol. The summed E-state index contributed by atoms with van der Waals surface area (Å²) < 4.78 is 29.7. The van der Waals surface area contributed by atoms with Crippen molar-refractivity contribution in [2.24, 2.45) is 0 Å². The van der Waals surface area contributed by atoms with Gasteiger partial charge in [-0.15, -0.1) is 0 Å². The van der Waals surface area contributed by atoms with Gasteiger partial charge in [0.2, 0.25) is 5.95 Å². The summed E-state index contributed by atoms with van der Waals surface area (Å²) in [6.07, 6.45) is 3.14. The van der Waals surface area contributed by atoms with Crippen LogP contribution in [0.15, 0.2) is 54.9 Å². The van der Waals surface area contributed by atoms with Crippen molar-refractivity contribution in [3.05, 3.63) is 82.1 Å². The summed E-state index contributed by atoms with van der Waals surface area (Å²) in [7, 11) is 0. The minimum absolute atomic E-state index is 0.0729. The molecule has 1 amide bonds. The van der Waals surface area contributed by atoms with Crippen molar-refractivity contribution in [2.75, 3.05) is 12.3 Å². The van der Waals surface area contributed by atoms with E-state index in [9.17, 15) is 18.7 Å². The van der Waals surface area contributed by atoms with Crippen molar-refractivity contribution in [1.29, 1.82) is 0 Å². The minimum atomic E-state index is -3.03. The van der Waals surface area contributed by atoms with E-state index in [1.165, 1.54) is 30.6 Å². The van der Waals surface area contributed by atoms with E-state index >= 15 is 0 Å². The van der Waals surface area contributed by atoms with E-state index < -0.39 is 18.6 Å². The number of hydrogen-bond donors (Lipinski definition) is 3. The Morgan fingerprint density at radius 2 is 1.85 bits per heavy atom. The number of benzene rings is 2. The Morgan fingerprint density at radius 1 is 1.15 bits per heavy atom. The van der Waals surface area contributed by atoms with Gasteiger partial charge in [0.05, 0.1) is 23.8 Å². The Morgan fingerprint density at radius 3 is 2.48 bits per heavy atom. The number of nitrogens with two attached hydrogens (primary N) is 1. The number of alkyl halides is 2. The minimum Gasteiger partial charge on any atom is -0.435 e. The van der Waals surface area contributed by atoms with E-state index in [2.05, 4.69) is 31.9 Å². The van der Waals surface area contributed by atoms with Crippen LogP contribution >= 0.6 is 11.6 Å². The van der Waals surface area contributed by atoms with E-state index in [4.69, 9.17) is 17.3 Å². The molecule has 170 valence electrons. The number of rotatable bonds is 7. The van der Waals surface area contributed by atoms with Gasteiger partial charge in [-0.2, -0.15) is 8.78 Å². The normalized spacial score (nSPS) is 11.4. The molecule has 1 heterocycles. The summed E-state index contributed by atoms with van der Waals surface area (Å²) >= 11 is 5.89. The van der Waals surface area contributed by atoms with E-state index in [-0.39, 0.29) is 29.4 Å². The first-order valence-electron chi connectivity index (χ1n) is 9.68. The van der Waals surface area contributed by atoms with Crippen LogP contribution in [0.2, 0.25) is 5.02 Å². The predicted octanol–water partition coefficient (Wildman–Crippen LogP) is 3.05. The van der Waals surface area contributed by atoms with Gasteiger partial charge in [0.25, 0.3) is 5.91 Å². The number of amides is 1. The molecule has 0 saturated carbocycles. The zero-order valence-corrected chi connectivity index (χ0v) is 17.9. The lowest BCUT2D eigenvalue weighted by Crippen LogP contribution is -2.39. The third kappa shape index (κ3) is 7.14. The third-order valence-corrected chi connectivity index (χ3v) is 4.68. The molecule has 0 spiro atoms. The first-order valence-corrected chi connectivity index (χ1v) is 10.1. The molecule has 0 fully saturated rings. The molecule has 7 nitrogen and oxygen atoms in total. The summed E-state index contributed by atoms with van der Waals surface area (Å²) in [4.78, 5) is 20.6. The molecule has 0 aliphatic rings. The van der Waals surface area contributed by atoms with Crippen LogP contribution in [0.5, 0.6) is 5.75 Å². The highest BCUT2D eigenvalue weighted by Crippen LogP contribution is 2.20. The maximum Gasteiger partial charge on any atom is 0.387 e. The van der Waals surface area contributed by atoms with Crippen LogP contribution in [0.3, 0.4) is 0 Å². The second kappa shape index (κ2) is 11.2. The Bertz CT molecular complexity index is 1160. The molecule has 33 heavy (non-hydrogen) atoms. The smallest absolute Gasteiger partial charge is 0.387 e. The number of nitrogens with one attached hydrogen (secondary N) is 1. The van der Waals surface area contributed by atoms with Crippen molar-refractivity contribution in [2.45, 2.75) is 19.1 Å². The Hall–Kier alpha value is -3.74. The molecule has 10 heteroatoms. The van der Waals surface area contributed by atoms with Crippen LogP contribution in [0, 0.1) is 11.8 Å². The lowest BCUT2D eigenvalue weighted by molar-refractivity contribution is -0.0498. The molecular formula is C23H19ClF2N4O3. The molecule has 1 aromatic heterocycles. The molecule has 0 aliphatic carbocycles. The number of halogens is 3. The molecule has 0 bridgehead atoms. The van der Waals surface area contributed by atoms with Gasteiger partial charge in [-0.05, 0) is 42.3 Å². The van der Waals surface area contributed by atoms with Gasteiger partial charge in [-0.25, -0.2) is 9.97 Å². The summed E-state index contributed by atoms with van der Waals surface area (Å²) in [5.41, 5.74) is 6.99. The van der Waals surface area contributed by atoms with E-state index in [0.29, 0.717) is 17.0 Å². The van der Waals surface area contributed by atoms with Crippen LogP contribution in [-0.2, 0) is 6.42 Å². The highest BCUT2D eigenvalue weighted by atomic mass is 35.5. The van der Waals surface area contributed by atoms with Gasteiger partial charge in [-0.3, -0.25) is 4.79 Å². The molecule has 1 atom stereocenters. The first-order chi connectivity index (χ1) is 15.8. The molecule has 4 N–H and O–H groups in total. The molecule has 0 radical (unpaired) electrons. The summed E-state index contributed by atoms with van der Waals surface area (Å²) in [5.74, 6) is 4.90. The van der Waals surface area contributed by atoms with Crippen LogP contribution in [0.1, 0.15) is 27.0 Å². The van der Waals surface area contributed by atoms with Crippen molar-refractivity contribution in [3.63, 3.8) is 0 Å². The number of aliphatic hydroxyl groups is 1. The zero-order chi connectivity index (χ0) is 23.8. The number of carbonyl (C=O) groups excluding carboxylic acids is 1. The van der Waals surface area contributed by atoms with Gasteiger partial charge in [0.15, 0.2) is 0 Å². The van der Waals surface area contributed by atoms with Gasteiger partial charge in [-0.1, -0.05) is 35.6 Å². The SMILES string of the molecule is Nc1ncc(C#Cc2cc(OC(F)F)ccc2C(=O)N[C@H](CO)Cc2ccc(Cl)cc2)cn1. The number of aliphatic hydroxyl groups excluding tert-OH is 1. The largest absolute Gasteiger partial charge is 0.435 e. The Balaban J connectivity index is 1.85. The summed E-state index contributed by atoms with van der Waals surface area (Å²) in [6, 6.07) is 10.2. The van der Waals surface area contributed by atoms with Crippen LogP contribution in [0.25, 0.3) is 0 Å². The number of ether oxygens (including phenoxy) is 1. The standard InChI is InChI=1S/C23H19ClF2N4O3/c24-17-5-2-14(3-6-17)9-18(13-31)30-21(32)20-8-7-19(33-22(25)26)10-16(20)4-1-15-11-28-23(27)29-12-15/h2-3,5-8,10-12,18,22,31H,9,13H2,(H,30,32)(H2,27,28,29)/t18-/m0/s1. The number of hydrogen-bond acceptors (Lipinski definition) is 6. The van der Waals surface area contributed by atoms with E-state index in [1.54, 1.807) is 24.3 Å². The quantitative estimate of drug-likeness (QED) is 0.456. The van der Waals surface area contributed by atoms with Crippen molar-refractivity contribution in [3.8, 4) is 17.6 Å². The monoisotopic (exact) mass is 472 g/mol. The molecule has 0 unspecified atom stereocenters. The van der Waals surface area contributed by atoms with Crippen molar-refractivity contribution < 1.29 is 23.4 Å². The molecule has 0 saturated heterocycles. The maximum absolute atomic E-state index is 12.9. The number of carbonyl (C=O) groups is 1. The molecule has 2 aromatic carbocycles. The number of anilines is 1. The highest BCUT2D eigenvalue weighted by Gasteiger charge is 2.17. The lowest BCUT2D eigenvalue weighted by atomic mass is 10.0. The van der Waals surface area contributed by atoms with Gasteiger partial charge in [0.1, 0.15) is 5.75 Å². The summed E-state index contributed by atoms with van der Waals surface area (Å²) in [6.45, 7) is -3.35. The molecule has 0 aliphatic heterocycles. The van der Waals surface area contributed by atoms with Crippen molar-refractivity contribution in [1.82, 2.24) is 15.3 Å². The zero-order valence-electron chi connectivity index (χ0n) is 17.1. The average molecular weight is 473 g/mol. The second-order valence-electron chi connectivity index (χ2n) is 6.85. The Kier molecular flexibility index (Phi) is 8.13. The van der Waals surface area contributed by atoms with E-state index in [1.807, 2.05) is 0 Å². The fraction of sp³-hybridized carbons (Fsp3) is 0.174. The molecule has 3 aromatic rings. The number of nitrogen functional groups attached to an aromatic ring is 1. The lowest BCUT2D eigenvalue weighted by Gasteiger charge is -2.17. The first kappa shape index (κ1) is 23.9. The van der Waals surface area contributed by atoms with Gasteiger partial charge < -0.3 is 20.9 Å². The molecular weight excluding hydrogens is 454 g/mol. The van der Waals surface area contributed by atoms with Crippen LogP contribution in [-0.4, -0.2) is 40.2 Å². The van der Waals surface area contributed by atoms with Gasteiger partial charge >= 0.3 is 6.61 Å². The fourth-order valence-corrected chi connectivity index (χ4v) is 3.00. The van der Waals surface area contributed by atoms with E-state index in [0.717, 1.165) is 5.56 Å². The van der Waals surface area contributed by atoms with Crippen LogP contribution < -0.4 is 15.8 Å². The average Bonchev–Trinajstić information content (AvgIpc) is 2.79. The fourth-order valence-electron chi connectivity index (χ4n) is 2.87.